The molecule has 0 atom stereocenters. The lowest BCUT2D eigenvalue weighted by atomic mass is 9.93. The van der Waals surface area contributed by atoms with Gasteiger partial charge in [0.05, 0.1) is 0 Å². The van der Waals surface area contributed by atoms with Crippen LogP contribution in [-0.4, -0.2) is 0 Å². The lowest BCUT2D eigenvalue weighted by Crippen LogP contribution is -2.15. The average molecular weight is 599 g/mol. The van der Waals surface area contributed by atoms with Crippen LogP contribution >= 0.6 is 0 Å². The molecular weight excluding hydrogens is 556 g/mol. The molecule has 0 fully saturated rings. The zero-order valence-electron chi connectivity index (χ0n) is 27.3. The van der Waals surface area contributed by atoms with Crippen molar-refractivity contribution in [2.45, 2.75) is 27.7 Å². The Morgan fingerprint density at radius 3 is 1.35 bits per heavy atom. The molecule has 0 aromatic heterocycles. The van der Waals surface area contributed by atoms with Gasteiger partial charge in [-0.25, -0.2) is 0 Å². The Hall–Kier alpha value is -5.60. The first-order chi connectivity index (χ1) is 22.7. The van der Waals surface area contributed by atoms with Crippen LogP contribution in [-0.2, 0) is 0 Å². The first-order valence-electron chi connectivity index (χ1n) is 16.0. The molecule has 2 heteroatoms. The third-order valence-electron chi connectivity index (χ3n) is 8.00. The van der Waals surface area contributed by atoms with E-state index in [-0.39, 0.29) is 0 Å². The number of rotatable bonds is 9. The van der Waals surface area contributed by atoms with E-state index in [1.807, 2.05) is 38.1 Å². The van der Waals surface area contributed by atoms with Gasteiger partial charge in [0, 0.05) is 34.1 Å². The maximum Gasteiger partial charge on any atom is 0.0468 e. The minimum absolute atomic E-state index is 0.960. The topological polar surface area (TPSA) is 6.48 Å². The Morgan fingerprint density at radius 1 is 0.500 bits per heavy atom. The molecule has 0 bridgehead atoms. The Kier molecular flexibility index (Phi) is 10.3. The van der Waals surface area contributed by atoms with Gasteiger partial charge in [-0.3, -0.25) is 0 Å². The molecule has 0 unspecified atom stereocenters. The number of fused-ring (bicyclic) bond motifs is 6. The van der Waals surface area contributed by atoms with E-state index < -0.39 is 0 Å². The van der Waals surface area contributed by atoms with E-state index in [0.29, 0.717) is 0 Å². The molecule has 228 valence electrons. The van der Waals surface area contributed by atoms with Crippen molar-refractivity contribution in [1.29, 1.82) is 0 Å². The maximum absolute atomic E-state index is 4.11. The minimum Gasteiger partial charge on any atom is -0.311 e. The van der Waals surface area contributed by atoms with Gasteiger partial charge < -0.3 is 9.80 Å². The van der Waals surface area contributed by atoms with E-state index in [9.17, 15) is 0 Å². The summed E-state index contributed by atoms with van der Waals surface area (Å²) in [5, 5.41) is 7.35. The zero-order chi connectivity index (χ0) is 32.5. The molecule has 0 saturated heterocycles. The van der Waals surface area contributed by atoms with Crippen LogP contribution in [0.4, 0.5) is 22.7 Å². The molecule has 6 rings (SSSR count). The second kappa shape index (κ2) is 14.9. The number of hydrogen-bond donors (Lipinski definition) is 0. The summed E-state index contributed by atoms with van der Waals surface area (Å²) in [7, 11) is 0. The van der Waals surface area contributed by atoms with Crippen LogP contribution in [0.3, 0.4) is 0 Å². The highest BCUT2D eigenvalue weighted by atomic mass is 15.2. The summed E-state index contributed by atoms with van der Waals surface area (Å²) < 4.78 is 0. The number of benzene rings is 6. The molecule has 0 spiro atoms. The molecule has 0 aliphatic rings. The van der Waals surface area contributed by atoms with Crippen LogP contribution < -0.4 is 9.80 Å². The third kappa shape index (κ3) is 6.16. The summed E-state index contributed by atoms with van der Waals surface area (Å²) in [6.45, 7) is 16.2. The van der Waals surface area contributed by atoms with E-state index in [1.165, 1.54) is 32.3 Å². The summed E-state index contributed by atoms with van der Waals surface area (Å²) in [5.74, 6) is 0. The standard InChI is InChI=1S/C42H36N2.C2H6/c1-5-17-31(7-3)43(33-19-11-9-12-20-33)35-25-27-39-40-28-26-36(30-42(40)38-24-16-15-23-37(38)41(39)29-35)44(32(8-4)18-6-2)34-21-13-10-14-22-34;1-2/h5-30H,1,3H2,2,4H3;1-2H3/b18-6-,31-17+,32-8+;. The van der Waals surface area contributed by atoms with Gasteiger partial charge in [-0.15, -0.1) is 0 Å². The van der Waals surface area contributed by atoms with E-state index in [1.54, 1.807) is 0 Å². The summed E-state index contributed by atoms with van der Waals surface area (Å²) in [6.07, 6.45) is 12.1. The quantitative estimate of drug-likeness (QED) is 0.121. The molecule has 0 N–H and O–H groups in total. The molecule has 0 aliphatic heterocycles. The maximum atomic E-state index is 4.11. The van der Waals surface area contributed by atoms with Gasteiger partial charge in [-0.1, -0.05) is 118 Å². The molecule has 0 heterocycles. The Morgan fingerprint density at radius 2 is 0.935 bits per heavy atom. The van der Waals surface area contributed by atoms with Gasteiger partial charge in [0.25, 0.3) is 0 Å². The molecule has 2 nitrogen and oxygen atoms in total. The summed E-state index contributed by atoms with van der Waals surface area (Å²) in [6, 6.07) is 43.3. The number of hydrogen-bond acceptors (Lipinski definition) is 2. The van der Waals surface area contributed by atoms with Crippen LogP contribution in [0, 0.1) is 0 Å². The van der Waals surface area contributed by atoms with Crippen molar-refractivity contribution in [1.82, 2.24) is 0 Å². The van der Waals surface area contributed by atoms with Crippen LogP contribution in [0.15, 0.2) is 182 Å². The van der Waals surface area contributed by atoms with Gasteiger partial charge in [-0.2, -0.15) is 0 Å². The number of allylic oxidation sites excluding steroid dienone is 6. The average Bonchev–Trinajstić information content (AvgIpc) is 3.13. The zero-order valence-corrected chi connectivity index (χ0v) is 27.3. The van der Waals surface area contributed by atoms with E-state index in [2.05, 4.69) is 170 Å². The predicted molar refractivity (Wildman–Crippen MR) is 205 cm³/mol. The monoisotopic (exact) mass is 598 g/mol. The summed E-state index contributed by atoms with van der Waals surface area (Å²) >= 11 is 0. The van der Waals surface area contributed by atoms with Gasteiger partial charge in [-0.05, 0) is 113 Å². The van der Waals surface area contributed by atoms with Crippen molar-refractivity contribution in [2.24, 2.45) is 0 Å². The van der Waals surface area contributed by atoms with Gasteiger partial charge in [0.2, 0.25) is 0 Å². The number of para-hydroxylation sites is 2. The molecule has 0 saturated carbocycles. The minimum atomic E-state index is 0.960. The van der Waals surface area contributed by atoms with Crippen LogP contribution in [0.5, 0.6) is 0 Å². The normalized spacial score (nSPS) is 11.8. The van der Waals surface area contributed by atoms with E-state index in [4.69, 9.17) is 0 Å². The fourth-order valence-corrected chi connectivity index (χ4v) is 6.08. The molecule has 46 heavy (non-hydrogen) atoms. The lowest BCUT2D eigenvalue weighted by Gasteiger charge is -2.28. The van der Waals surface area contributed by atoms with E-state index >= 15 is 0 Å². The summed E-state index contributed by atoms with van der Waals surface area (Å²) in [4.78, 5) is 4.55. The lowest BCUT2D eigenvalue weighted by molar-refractivity contribution is 1.20. The highest BCUT2D eigenvalue weighted by Crippen LogP contribution is 2.41. The molecule has 6 aromatic rings. The first-order valence-corrected chi connectivity index (χ1v) is 16.0. The van der Waals surface area contributed by atoms with Gasteiger partial charge in [0.1, 0.15) is 0 Å². The predicted octanol–water partition coefficient (Wildman–Crippen LogP) is 13.2. The second-order valence-electron chi connectivity index (χ2n) is 10.6. The first kappa shape index (κ1) is 31.8. The summed E-state index contributed by atoms with van der Waals surface area (Å²) in [5.41, 5.74) is 6.46. The van der Waals surface area contributed by atoms with Crippen molar-refractivity contribution in [3.8, 4) is 0 Å². The number of anilines is 4. The van der Waals surface area contributed by atoms with Crippen molar-refractivity contribution in [2.75, 3.05) is 9.80 Å². The highest BCUT2D eigenvalue weighted by Gasteiger charge is 2.18. The van der Waals surface area contributed by atoms with Crippen molar-refractivity contribution in [3.05, 3.63) is 182 Å². The van der Waals surface area contributed by atoms with Crippen LogP contribution in [0.25, 0.3) is 32.3 Å². The smallest absolute Gasteiger partial charge is 0.0468 e. The Bertz CT molecular complexity index is 2040. The largest absolute Gasteiger partial charge is 0.311 e. The molecule has 0 amide bonds. The van der Waals surface area contributed by atoms with Crippen molar-refractivity contribution in [3.63, 3.8) is 0 Å². The van der Waals surface area contributed by atoms with Crippen molar-refractivity contribution < 1.29 is 0 Å². The van der Waals surface area contributed by atoms with Gasteiger partial charge in [0.15, 0.2) is 0 Å². The molecule has 0 radical (unpaired) electrons. The Balaban J connectivity index is 0.00000204. The second-order valence-corrected chi connectivity index (χ2v) is 10.6. The van der Waals surface area contributed by atoms with Gasteiger partial charge >= 0.3 is 0 Å². The van der Waals surface area contributed by atoms with Crippen LogP contribution in [0.1, 0.15) is 27.7 Å². The molecule has 0 aliphatic carbocycles. The van der Waals surface area contributed by atoms with E-state index in [0.717, 1.165) is 34.1 Å². The Labute approximate surface area is 274 Å². The third-order valence-corrected chi connectivity index (χ3v) is 8.00. The fraction of sp³-hybridized carbons (Fsp3) is 0.0909. The molecular formula is C44H42N2. The number of nitrogens with zero attached hydrogens (tertiary/aromatic N) is 2. The van der Waals surface area contributed by atoms with Crippen molar-refractivity contribution >= 4 is 55.1 Å². The highest BCUT2D eigenvalue weighted by molar-refractivity contribution is 6.26. The fourth-order valence-electron chi connectivity index (χ4n) is 6.08. The van der Waals surface area contributed by atoms with Crippen LogP contribution in [0.2, 0.25) is 0 Å². The molecule has 6 aromatic carbocycles. The SMILES string of the molecule is C=C/C=C(\C=C)N(c1ccccc1)c1ccc2c3ccc(N(C(/C=C\C)=C/C)c4ccccc4)cc3c3ccccc3c2c1.CC.